The van der Waals surface area contributed by atoms with Crippen LogP contribution < -0.4 is 0 Å². The number of Topliss-reactive ketones (excluding diaryl/α,β-unsaturated/α-hetero) is 1. The second-order valence-corrected chi connectivity index (χ2v) is 3.78. The molecule has 1 aromatic carbocycles. The molecule has 1 nitrogen and oxygen atoms in total. The molecule has 0 fully saturated rings. The summed E-state index contributed by atoms with van der Waals surface area (Å²) < 4.78 is 0. The van der Waals surface area contributed by atoms with E-state index in [9.17, 15) is 4.79 Å². The van der Waals surface area contributed by atoms with Gasteiger partial charge in [0.05, 0.1) is 0 Å². The van der Waals surface area contributed by atoms with Crippen molar-refractivity contribution in [2.75, 3.05) is 0 Å². The molecule has 0 bridgehead atoms. The Kier molecular flexibility index (Phi) is 7.61. The molecule has 0 aliphatic heterocycles. The van der Waals surface area contributed by atoms with E-state index in [0.717, 1.165) is 6.42 Å². The standard InChI is InChI=1S/C11H16.C3H6O/c1-3-7-11-9-6-5-8-10(11)4-2;1-3(2)4/h5-6,8-9H,3-4,7H2,1-2H3;1-2H3. The molecule has 1 aromatic rings. The van der Waals surface area contributed by atoms with Crippen molar-refractivity contribution in [2.45, 2.75) is 47.0 Å². The number of hydrogen-bond acceptors (Lipinski definition) is 1. The number of ketones is 1. The van der Waals surface area contributed by atoms with Crippen LogP contribution in [0.5, 0.6) is 0 Å². The van der Waals surface area contributed by atoms with Gasteiger partial charge in [0.15, 0.2) is 0 Å². The van der Waals surface area contributed by atoms with E-state index in [1.54, 1.807) is 0 Å². The summed E-state index contributed by atoms with van der Waals surface area (Å²) >= 11 is 0. The number of carbonyl (C=O) groups excluding carboxylic acids is 1. The van der Waals surface area contributed by atoms with Crippen LogP contribution in [0.25, 0.3) is 0 Å². The molecule has 1 rings (SSSR count). The Morgan fingerprint density at radius 2 is 1.53 bits per heavy atom. The smallest absolute Gasteiger partial charge is 0.126 e. The van der Waals surface area contributed by atoms with Crippen LogP contribution in [0.15, 0.2) is 24.3 Å². The normalized spacial score (nSPS) is 9.07. The largest absolute Gasteiger partial charge is 0.300 e. The first-order valence-electron chi connectivity index (χ1n) is 5.65. The third-order valence-electron chi connectivity index (χ3n) is 2.02. The molecular formula is C14H22O. The summed E-state index contributed by atoms with van der Waals surface area (Å²) in [5.41, 5.74) is 3.03. The Balaban J connectivity index is 0.000000423. The minimum absolute atomic E-state index is 0.167. The van der Waals surface area contributed by atoms with Gasteiger partial charge in [0, 0.05) is 0 Å². The SMILES string of the molecule is CC(C)=O.CCCc1ccccc1CC. The van der Waals surface area contributed by atoms with E-state index >= 15 is 0 Å². The summed E-state index contributed by atoms with van der Waals surface area (Å²) in [4.78, 5) is 9.44. The van der Waals surface area contributed by atoms with Gasteiger partial charge in [0.25, 0.3) is 0 Å². The van der Waals surface area contributed by atoms with Gasteiger partial charge in [-0.15, -0.1) is 0 Å². The topological polar surface area (TPSA) is 17.1 Å². The predicted molar refractivity (Wildman–Crippen MR) is 66.2 cm³/mol. The molecule has 0 N–H and O–H groups in total. The van der Waals surface area contributed by atoms with E-state index in [4.69, 9.17) is 0 Å². The fraction of sp³-hybridized carbons (Fsp3) is 0.500. The van der Waals surface area contributed by atoms with E-state index in [1.807, 2.05) is 0 Å². The molecule has 0 saturated carbocycles. The van der Waals surface area contributed by atoms with Crippen molar-refractivity contribution in [2.24, 2.45) is 0 Å². The van der Waals surface area contributed by atoms with E-state index < -0.39 is 0 Å². The lowest BCUT2D eigenvalue weighted by Gasteiger charge is -2.04. The van der Waals surface area contributed by atoms with Crippen LogP contribution in [0.2, 0.25) is 0 Å². The lowest BCUT2D eigenvalue weighted by Crippen LogP contribution is -1.90. The Morgan fingerprint density at radius 1 is 1.07 bits per heavy atom. The monoisotopic (exact) mass is 206 g/mol. The van der Waals surface area contributed by atoms with Crippen LogP contribution in [0.3, 0.4) is 0 Å². The predicted octanol–water partition coefficient (Wildman–Crippen LogP) is 3.80. The van der Waals surface area contributed by atoms with Gasteiger partial charge in [0.2, 0.25) is 0 Å². The summed E-state index contributed by atoms with van der Waals surface area (Å²) in [7, 11) is 0. The van der Waals surface area contributed by atoms with E-state index in [-0.39, 0.29) is 5.78 Å². The van der Waals surface area contributed by atoms with Gasteiger partial charge in [-0.1, -0.05) is 44.5 Å². The van der Waals surface area contributed by atoms with Crippen LogP contribution in [-0.4, -0.2) is 5.78 Å². The van der Waals surface area contributed by atoms with Crippen molar-refractivity contribution in [1.29, 1.82) is 0 Å². The zero-order chi connectivity index (χ0) is 11.7. The zero-order valence-corrected chi connectivity index (χ0v) is 10.3. The molecule has 0 radical (unpaired) electrons. The molecule has 15 heavy (non-hydrogen) atoms. The fourth-order valence-corrected chi connectivity index (χ4v) is 1.42. The molecule has 0 heterocycles. The molecule has 0 aliphatic rings. The van der Waals surface area contributed by atoms with E-state index in [1.165, 1.54) is 37.8 Å². The van der Waals surface area contributed by atoms with Crippen molar-refractivity contribution in [3.63, 3.8) is 0 Å². The number of hydrogen-bond donors (Lipinski definition) is 0. The quantitative estimate of drug-likeness (QED) is 0.735. The van der Waals surface area contributed by atoms with Gasteiger partial charge in [-0.05, 0) is 37.8 Å². The lowest BCUT2D eigenvalue weighted by atomic mass is 10.0. The maximum atomic E-state index is 9.44. The lowest BCUT2D eigenvalue weighted by molar-refractivity contribution is -0.114. The molecule has 0 aromatic heterocycles. The summed E-state index contributed by atoms with van der Waals surface area (Å²) in [6.45, 7) is 7.50. The molecular weight excluding hydrogens is 184 g/mol. The average molecular weight is 206 g/mol. The van der Waals surface area contributed by atoms with E-state index in [0.29, 0.717) is 0 Å². The van der Waals surface area contributed by atoms with Crippen LogP contribution in [0.4, 0.5) is 0 Å². The average Bonchev–Trinajstić information content (AvgIpc) is 2.18. The first-order valence-corrected chi connectivity index (χ1v) is 5.65. The van der Waals surface area contributed by atoms with Crippen molar-refractivity contribution in [1.82, 2.24) is 0 Å². The fourth-order valence-electron chi connectivity index (χ4n) is 1.42. The molecule has 0 saturated heterocycles. The Labute approximate surface area is 93.5 Å². The Morgan fingerprint density at radius 3 is 1.93 bits per heavy atom. The van der Waals surface area contributed by atoms with Crippen molar-refractivity contribution in [3.8, 4) is 0 Å². The van der Waals surface area contributed by atoms with Crippen LogP contribution in [-0.2, 0) is 17.6 Å². The maximum Gasteiger partial charge on any atom is 0.126 e. The van der Waals surface area contributed by atoms with Crippen molar-refractivity contribution in [3.05, 3.63) is 35.4 Å². The molecule has 1 heteroatoms. The van der Waals surface area contributed by atoms with Crippen molar-refractivity contribution < 1.29 is 4.79 Å². The number of carbonyl (C=O) groups is 1. The highest BCUT2D eigenvalue weighted by Gasteiger charge is 1.96. The van der Waals surface area contributed by atoms with E-state index in [2.05, 4.69) is 38.1 Å². The summed E-state index contributed by atoms with van der Waals surface area (Å²) in [5.74, 6) is 0.167. The summed E-state index contributed by atoms with van der Waals surface area (Å²) in [6.07, 6.45) is 3.64. The number of rotatable bonds is 3. The van der Waals surface area contributed by atoms with Crippen LogP contribution in [0, 0.1) is 0 Å². The van der Waals surface area contributed by atoms with Gasteiger partial charge in [0.1, 0.15) is 5.78 Å². The summed E-state index contributed by atoms with van der Waals surface area (Å²) in [5, 5.41) is 0. The van der Waals surface area contributed by atoms with Gasteiger partial charge < -0.3 is 4.79 Å². The minimum atomic E-state index is 0.167. The minimum Gasteiger partial charge on any atom is -0.300 e. The molecule has 0 unspecified atom stereocenters. The van der Waals surface area contributed by atoms with Gasteiger partial charge in [-0.25, -0.2) is 0 Å². The molecule has 84 valence electrons. The second kappa shape index (κ2) is 8.22. The number of benzene rings is 1. The number of aryl methyl sites for hydroxylation is 2. The zero-order valence-electron chi connectivity index (χ0n) is 10.3. The summed E-state index contributed by atoms with van der Waals surface area (Å²) in [6, 6.07) is 8.72. The van der Waals surface area contributed by atoms with Gasteiger partial charge >= 0.3 is 0 Å². The third kappa shape index (κ3) is 6.89. The Bertz CT molecular complexity index is 285. The first-order chi connectivity index (χ1) is 7.11. The first kappa shape index (κ1) is 13.9. The second-order valence-electron chi connectivity index (χ2n) is 3.78. The highest BCUT2D eigenvalue weighted by Crippen LogP contribution is 2.10. The molecule has 0 amide bonds. The van der Waals surface area contributed by atoms with Crippen molar-refractivity contribution >= 4 is 5.78 Å². The third-order valence-corrected chi connectivity index (χ3v) is 2.02. The molecule has 0 spiro atoms. The highest BCUT2D eigenvalue weighted by molar-refractivity contribution is 5.72. The maximum absolute atomic E-state index is 9.44. The van der Waals surface area contributed by atoms with Gasteiger partial charge in [-0.2, -0.15) is 0 Å². The molecule has 0 aliphatic carbocycles. The van der Waals surface area contributed by atoms with Gasteiger partial charge in [-0.3, -0.25) is 0 Å². The Hall–Kier alpha value is -1.11. The molecule has 0 atom stereocenters. The van der Waals surface area contributed by atoms with Crippen LogP contribution in [0.1, 0.15) is 45.2 Å². The van der Waals surface area contributed by atoms with Crippen LogP contribution >= 0.6 is 0 Å². The highest BCUT2D eigenvalue weighted by atomic mass is 16.1.